The fourth-order valence-corrected chi connectivity index (χ4v) is 1.83. The molecule has 0 fully saturated rings. The largest absolute Gasteiger partial charge is 0.460 e. The van der Waals surface area contributed by atoms with Gasteiger partial charge in [-0.05, 0) is 6.07 Å². The summed E-state index contributed by atoms with van der Waals surface area (Å²) in [6, 6.07) is 7.34. The quantitative estimate of drug-likeness (QED) is 0.699. The SMILES string of the molecule is FC(F)(F)C(F)(F)C(F)(F)C(F)(F)c1cc(-c2ccccc2)ncn1. The molecule has 0 saturated heterocycles. The van der Waals surface area contributed by atoms with Crippen LogP contribution >= 0.6 is 0 Å². The molecule has 0 saturated carbocycles. The van der Waals surface area contributed by atoms with Crippen LogP contribution in [0, 0.1) is 0 Å². The zero-order valence-electron chi connectivity index (χ0n) is 11.8. The summed E-state index contributed by atoms with van der Waals surface area (Å²) in [4.78, 5) is 6.27. The van der Waals surface area contributed by atoms with E-state index in [1.165, 1.54) is 30.3 Å². The number of rotatable bonds is 4. The first kappa shape index (κ1) is 19.0. The van der Waals surface area contributed by atoms with E-state index in [0.717, 1.165) is 0 Å². The van der Waals surface area contributed by atoms with Gasteiger partial charge in [0, 0.05) is 5.56 Å². The van der Waals surface area contributed by atoms with Crippen molar-refractivity contribution in [1.29, 1.82) is 0 Å². The molecule has 0 N–H and O–H groups in total. The Hall–Kier alpha value is -2.33. The van der Waals surface area contributed by atoms with E-state index in [1.807, 2.05) is 0 Å². The Morgan fingerprint density at radius 1 is 0.680 bits per heavy atom. The third-order valence-corrected chi connectivity index (χ3v) is 3.20. The molecule has 2 aromatic rings. The Balaban J connectivity index is 2.53. The lowest BCUT2D eigenvalue weighted by atomic mass is 9.99. The van der Waals surface area contributed by atoms with Crippen molar-refractivity contribution in [1.82, 2.24) is 9.97 Å². The highest BCUT2D eigenvalue weighted by molar-refractivity contribution is 5.59. The molecule has 0 aliphatic heterocycles. The van der Waals surface area contributed by atoms with Gasteiger partial charge in [-0.3, -0.25) is 0 Å². The minimum atomic E-state index is -6.97. The molecule has 0 unspecified atom stereocenters. The third kappa shape index (κ3) is 3.02. The van der Waals surface area contributed by atoms with Crippen LogP contribution in [0.1, 0.15) is 5.69 Å². The van der Waals surface area contributed by atoms with Gasteiger partial charge in [0.25, 0.3) is 0 Å². The molecule has 136 valence electrons. The van der Waals surface area contributed by atoms with Crippen LogP contribution in [0.3, 0.4) is 0 Å². The van der Waals surface area contributed by atoms with E-state index in [4.69, 9.17) is 0 Å². The zero-order valence-corrected chi connectivity index (χ0v) is 11.8. The van der Waals surface area contributed by atoms with Crippen LogP contribution in [0.25, 0.3) is 11.3 Å². The third-order valence-electron chi connectivity index (χ3n) is 3.20. The highest BCUT2D eigenvalue weighted by Crippen LogP contribution is 2.56. The fourth-order valence-electron chi connectivity index (χ4n) is 1.83. The molecule has 0 aliphatic rings. The summed E-state index contributed by atoms with van der Waals surface area (Å²) >= 11 is 0. The van der Waals surface area contributed by atoms with Crippen molar-refractivity contribution in [3.05, 3.63) is 48.4 Å². The van der Waals surface area contributed by atoms with Crippen LogP contribution in [-0.2, 0) is 5.92 Å². The van der Waals surface area contributed by atoms with E-state index < -0.39 is 29.6 Å². The summed E-state index contributed by atoms with van der Waals surface area (Å²) in [5.74, 6) is -19.6. The van der Waals surface area contributed by atoms with Crippen molar-refractivity contribution < 1.29 is 39.5 Å². The van der Waals surface area contributed by atoms with E-state index in [1.54, 1.807) is 0 Å². The Bertz CT molecular complexity index is 741. The molecule has 0 aliphatic carbocycles. The van der Waals surface area contributed by atoms with E-state index in [9.17, 15) is 39.5 Å². The first-order chi connectivity index (χ1) is 11.3. The first-order valence-corrected chi connectivity index (χ1v) is 6.40. The van der Waals surface area contributed by atoms with Crippen LogP contribution in [0.2, 0.25) is 0 Å². The van der Waals surface area contributed by atoms with Crippen LogP contribution in [-0.4, -0.2) is 28.0 Å². The molecule has 1 aromatic heterocycles. The molecule has 0 spiro atoms. The first-order valence-electron chi connectivity index (χ1n) is 6.40. The Kier molecular flexibility index (Phi) is 4.47. The van der Waals surface area contributed by atoms with Crippen molar-refractivity contribution in [3.63, 3.8) is 0 Å². The summed E-state index contributed by atoms with van der Waals surface area (Å²) in [5.41, 5.74) is -2.17. The average molecular weight is 374 g/mol. The number of hydrogen-bond acceptors (Lipinski definition) is 2. The number of aromatic nitrogens is 2. The number of benzene rings is 1. The number of halogens is 9. The standard InChI is InChI=1S/C14H7F9N2/c15-11(16,12(17,18)13(19,20)14(21,22)23)10-6-9(24-7-25-10)8-4-2-1-3-5-8/h1-7H. The number of hydrogen-bond donors (Lipinski definition) is 0. The van der Waals surface area contributed by atoms with Crippen LogP contribution in [0.5, 0.6) is 0 Å². The topological polar surface area (TPSA) is 25.8 Å². The van der Waals surface area contributed by atoms with Gasteiger partial charge in [0.2, 0.25) is 0 Å². The maximum Gasteiger partial charge on any atom is 0.460 e. The van der Waals surface area contributed by atoms with Gasteiger partial charge in [0.05, 0.1) is 5.69 Å². The fraction of sp³-hybridized carbons (Fsp3) is 0.286. The summed E-state index contributed by atoms with van der Waals surface area (Å²) in [7, 11) is 0. The Morgan fingerprint density at radius 3 is 1.76 bits per heavy atom. The van der Waals surface area contributed by atoms with Crippen LogP contribution in [0.4, 0.5) is 39.5 Å². The van der Waals surface area contributed by atoms with E-state index >= 15 is 0 Å². The second kappa shape index (κ2) is 5.88. The molecule has 0 amide bonds. The summed E-state index contributed by atoms with van der Waals surface area (Å²) in [6.07, 6.45) is -6.51. The van der Waals surface area contributed by atoms with Crippen molar-refractivity contribution in [3.8, 4) is 11.3 Å². The van der Waals surface area contributed by atoms with E-state index in [-0.39, 0.29) is 17.3 Å². The predicted molar refractivity (Wildman–Crippen MR) is 67.3 cm³/mol. The van der Waals surface area contributed by atoms with Gasteiger partial charge in [-0.2, -0.15) is 39.5 Å². The Labute approximate surface area is 134 Å². The molecule has 1 heterocycles. The van der Waals surface area contributed by atoms with Crippen molar-refractivity contribution in [2.45, 2.75) is 23.9 Å². The van der Waals surface area contributed by atoms with E-state index in [0.29, 0.717) is 6.33 Å². The van der Waals surface area contributed by atoms with Gasteiger partial charge >= 0.3 is 23.9 Å². The number of nitrogens with zero attached hydrogens (tertiary/aromatic N) is 2. The van der Waals surface area contributed by atoms with Crippen LogP contribution < -0.4 is 0 Å². The second-order valence-electron chi connectivity index (χ2n) is 4.88. The second-order valence-corrected chi connectivity index (χ2v) is 4.88. The molecule has 2 nitrogen and oxygen atoms in total. The van der Waals surface area contributed by atoms with E-state index in [2.05, 4.69) is 9.97 Å². The highest BCUT2D eigenvalue weighted by Gasteiger charge is 2.82. The molecular formula is C14H7F9N2. The van der Waals surface area contributed by atoms with Gasteiger partial charge in [-0.15, -0.1) is 0 Å². The minimum Gasteiger partial charge on any atom is -0.236 e. The molecule has 0 bridgehead atoms. The van der Waals surface area contributed by atoms with Crippen molar-refractivity contribution in [2.24, 2.45) is 0 Å². The minimum absolute atomic E-state index is 0.146. The van der Waals surface area contributed by atoms with Crippen molar-refractivity contribution >= 4 is 0 Å². The average Bonchev–Trinajstić information content (AvgIpc) is 2.54. The van der Waals surface area contributed by atoms with Gasteiger partial charge in [0.1, 0.15) is 12.0 Å². The predicted octanol–water partition coefficient (Wildman–Crippen LogP) is 5.07. The molecule has 1 aromatic carbocycles. The number of alkyl halides is 9. The lowest BCUT2D eigenvalue weighted by molar-refractivity contribution is -0.400. The summed E-state index contributed by atoms with van der Waals surface area (Å²) in [6.45, 7) is 0. The molecule has 2 rings (SSSR count). The molecule has 0 radical (unpaired) electrons. The molecule has 0 atom stereocenters. The maximum absolute atomic E-state index is 13.8. The Morgan fingerprint density at radius 2 is 1.24 bits per heavy atom. The van der Waals surface area contributed by atoms with Gasteiger partial charge < -0.3 is 0 Å². The smallest absolute Gasteiger partial charge is 0.236 e. The van der Waals surface area contributed by atoms with Gasteiger partial charge in [-0.25, -0.2) is 9.97 Å². The van der Waals surface area contributed by atoms with Gasteiger partial charge in [0.15, 0.2) is 0 Å². The van der Waals surface area contributed by atoms with Crippen molar-refractivity contribution in [2.75, 3.05) is 0 Å². The molecule has 25 heavy (non-hydrogen) atoms. The lowest BCUT2D eigenvalue weighted by Gasteiger charge is -2.33. The summed E-state index contributed by atoms with van der Waals surface area (Å²) < 4.78 is 117. The monoisotopic (exact) mass is 374 g/mol. The van der Waals surface area contributed by atoms with Crippen LogP contribution in [0.15, 0.2) is 42.7 Å². The normalized spacial score (nSPS) is 13.8. The highest BCUT2D eigenvalue weighted by atomic mass is 19.4. The molecule has 11 heteroatoms. The maximum atomic E-state index is 13.8. The van der Waals surface area contributed by atoms with Gasteiger partial charge in [-0.1, -0.05) is 30.3 Å². The molecular weight excluding hydrogens is 367 g/mol. The lowest BCUT2D eigenvalue weighted by Crippen LogP contribution is -2.59. The zero-order chi connectivity index (χ0) is 19.1. The summed E-state index contributed by atoms with van der Waals surface area (Å²) in [5, 5.41) is 0.